The number of carbonyl (C=O) groups excluding carboxylic acids is 1. The van der Waals surface area contributed by atoms with Crippen molar-refractivity contribution >= 4 is 12.0 Å². The van der Waals surface area contributed by atoms with Gasteiger partial charge in [-0.2, -0.15) is 0 Å². The van der Waals surface area contributed by atoms with Crippen LogP contribution in [0, 0.1) is 0 Å². The quantitative estimate of drug-likeness (QED) is 0.619. The van der Waals surface area contributed by atoms with Crippen LogP contribution in [0.5, 0.6) is 0 Å². The van der Waals surface area contributed by atoms with Crippen LogP contribution in [0.4, 0.5) is 0 Å². The molecule has 0 atom stereocenters. The minimum atomic E-state index is -0.0178. The summed E-state index contributed by atoms with van der Waals surface area (Å²) in [5, 5.41) is 2.96. The van der Waals surface area contributed by atoms with E-state index in [2.05, 4.69) is 34.5 Å². The lowest BCUT2D eigenvalue weighted by Gasteiger charge is -2.28. The number of benzene rings is 2. The van der Waals surface area contributed by atoms with Crippen molar-refractivity contribution in [3.8, 4) is 0 Å². The van der Waals surface area contributed by atoms with Gasteiger partial charge in [-0.15, -0.1) is 0 Å². The first-order valence-corrected chi connectivity index (χ1v) is 9.11. The average molecular weight is 334 g/mol. The fourth-order valence-corrected chi connectivity index (χ4v) is 3.21. The highest BCUT2D eigenvalue weighted by Crippen LogP contribution is 2.18. The first-order valence-electron chi connectivity index (χ1n) is 9.11. The average Bonchev–Trinajstić information content (AvgIpc) is 2.67. The monoisotopic (exact) mass is 334 g/mol. The number of hydrogen-bond acceptors (Lipinski definition) is 2. The lowest BCUT2D eigenvalue weighted by atomic mass is 10.00. The summed E-state index contributed by atoms with van der Waals surface area (Å²) < 4.78 is 0. The zero-order valence-corrected chi connectivity index (χ0v) is 14.7. The summed E-state index contributed by atoms with van der Waals surface area (Å²) >= 11 is 0. The number of nitrogens with one attached hydrogen (secondary N) is 1. The molecule has 3 nitrogen and oxygen atoms in total. The lowest BCUT2D eigenvalue weighted by molar-refractivity contribution is -0.116. The molecule has 1 aliphatic heterocycles. The lowest BCUT2D eigenvalue weighted by Crippen LogP contribution is -2.31. The Bertz CT molecular complexity index is 709. The van der Waals surface area contributed by atoms with Gasteiger partial charge in [0.1, 0.15) is 0 Å². The first kappa shape index (κ1) is 17.4. The molecule has 0 spiro atoms. The van der Waals surface area contributed by atoms with Gasteiger partial charge in [0.2, 0.25) is 5.91 Å². The molecule has 25 heavy (non-hydrogen) atoms. The van der Waals surface area contributed by atoms with Crippen molar-refractivity contribution in [1.29, 1.82) is 0 Å². The Hall–Kier alpha value is -2.39. The Morgan fingerprint density at radius 1 is 1.00 bits per heavy atom. The fraction of sp³-hybridized carbons (Fsp3) is 0.318. The van der Waals surface area contributed by atoms with E-state index in [4.69, 9.17) is 0 Å². The molecule has 0 saturated carbocycles. The van der Waals surface area contributed by atoms with Gasteiger partial charge >= 0.3 is 0 Å². The molecule has 2 aromatic carbocycles. The molecule has 0 saturated heterocycles. The molecule has 3 rings (SSSR count). The van der Waals surface area contributed by atoms with E-state index in [1.165, 1.54) is 11.1 Å². The molecule has 1 heterocycles. The maximum Gasteiger partial charge on any atom is 0.243 e. The molecule has 1 N–H and O–H groups in total. The Kier molecular flexibility index (Phi) is 6.41. The Balaban J connectivity index is 1.30. The van der Waals surface area contributed by atoms with Gasteiger partial charge in [-0.25, -0.2) is 0 Å². The van der Waals surface area contributed by atoms with Crippen LogP contribution in [0.1, 0.15) is 29.5 Å². The summed E-state index contributed by atoms with van der Waals surface area (Å²) in [5.74, 6) is -0.0178. The number of unbranched alkanes of at least 4 members (excludes halogenated alkanes) is 1. The van der Waals surface area contributed by atoms with Crippen LogP contribution in [0.3, 0.4) is 0 Å². The highest BCUT2D eigenvalue weighted by Gasteiger charge is 2.14. The summed E-state index contributed by atoms with van der Waals surface area (Å²) in [4.78, 5) is 14.3. The number of carbonyl (C=O) groups is 1. The van der Waals surface area contributed by atoms with Gasteiger partial charge in [0, 0.05) is 25.7 Å². The maximum absolute atomic E-state index is 11.8. The molecule has 2 aromatic rings. The number of nitrogens with zero attached hydrogens (tertiary/aromatic N) is 1. The molecule has 0 aliphatic carbocycles. The first-order chi connectivity index (χ1) is 12.3. The third kappa shape index (κ3) is 5.57. The normalized spacial score (nSPS) is 14.4. The van der Waals surface area contributed by atoms with E-state index in [0.29, 0.717) is 0 Å². The summed E-state index contributed by atoms with van der Waals surface area (Å²) in [5.41, 5.74) is 4.01. The smallest absolute Gasteiger partial charge is 0.243 e. The molecule has 0 aromatic heterocycles. The highest BCUT2D eigenvalue weighted by molar-refractivity contribution is 5.91. The van der Waals surface area contributed by atoms with Crippen LogP contribution >= 0.6 is 0 Å². The molecule has 0 fully saturated rings. The molecule has 1 amide bonds. The second kappa shape index (κ2) is 9.19. The van der Waals surface area contributed by atoms with Crippen molar-refractivity contribution in [3.05, 3.63) is 77.4 Å². The van der Waals surface area contributed by atoms with Crippen LogP contribution in [0.2, 0.25) is 0 Å². The van der Waals surface area contributed by atoms with E-state index < -0.39 is 0 Å². The minimum absolute atomic E-state index is 0.0178. The van der Waals surface area contributed by atoms with Gasteiger partial charge in [-0.1, -0.05) is 54.6 Å². The third-order valence-electron chi connectivity index (χ3n) is 4.64. The number of rotatable bonds is 7. The maximum atomic E-state index is 11.8. The van der Waals surface area contributed by atoms with Gasteiger partial charge in [-0.3, -0.25) is 9.69 Å². The van der Waals surface area contributed by atoms with E-state index in [9.17, 15) is 4.79 Å². The van der Waals surface area contributed by atoms with E-state index >= 15 is 0 Å². The second-order valence-electron chi connectivity index (χ2n) is 6.54. The van der Waals surface area contributed by atoms with Crippen molar-refractivity contribution in [2.45, 2.75) is 25.8 Å². The van der Waals surface area contributed by atoms with Crippen LogP contribution in [0.25, 0.3) is 6.08 Å². The summed E-state index contributed by atoms with van der Waals surface area (Å²) in [6, 6.07) is 18.6. The van der Waals surface area contributed by atoms with Crippen LogP contribution < -0.4 is 5.32 Å². The molecule has 3 heteroatoms. The zero-order valence-electron chi connectivity index (χ0n) is 14.7. The van der Waals surface area contributed by atoms with Crippen LogP contribution in [-0.2, 0) is 17.8 Å². The van der Waals surface area contributed by atoms with E-state index in [1.807, 2.05) is 36.4 Å². The predicted molar refractivity (Wildman–Crippen MR) is 103 cm³/mol. The van der Waals surface area contributed by atoms with Gasteiger partial charge in [0.15, 0.2) is 0 Å². The Labute approximate surface area is 150 Å². The van der Waals surface area contributed by atoms with Crippen molar-refractivity contribution in [2.75, 3.05) is 19.6 Å². The Morgan fingerprint density at radius 2 is 1.76 bits per heavy atom. The third-order valence-corrected chi connectivity index (χ3v) is 4.64. The molecular weight excluding hydrogens is 308 g/mol. The van der Waals surface area contributed by atoms with Crippen LogP contribution in [0.15, 0.2) is 60.7 Å². The van der Waals surface area contributed by atoms with E-state index in [-0.39, 0.29) is 5.91 Å². The van der Waals surface area contributed by atoms with Crippen molar-refractivity contribution < 1.29 is 4.79 Å². The zero-order chi connectivity index (χ0) is 17.3. The van der Waals surface area contributed by atoms with Crippen molar-refractivity contribution in [3.63, 3.8) is 0 Å². The summed E-state index contributed by atoms with van der Waals surface area (Å²) in [7, 11) is 0. The second-order valence-corrected chi connectivity index (χ2v) is 6.54. The van der Waals surface area contributed by atoms with Gasteiger partial charge in [0.05, 0.1) is 0 Å². The molecule has 1 aliphatic rings. The predicted octanol–water partition coefficient (Wildman–Crippen LogP) is 3.65. The standard InChI is InChI=1S/C22H26N2O/c25-22(13-12-19-8-2-1-3-9-19)23-15-6-7-16-24-17-14-20-10-4-5-11-21(20)18-24/h1-5,8-13H,6-7,14-18H2,(H,23,25). The van der Waals surface area contributed by atoms with Gasteiger partial charge in [0.25, 0.3) is 0 Å². The van der Waals surface area contributed by atoms with Gasteiger partial charge < -0.3 is 5.32 Å². The molecule has 0 unspecified atom stereocenters. The molecule has 0 bridgehead atoms. The summed E-state index contributed by atoms with van der Waals surface area (Å²) in [6.45, 7) is 4.04. The minimum Gasteiger partial charge on any atom is -0.353 e. The molecular formula is C22H26N2O. The van der Waals surface area contributed by atoms with E-state index in [1.54, 1.807) is 6.08 Å². The van der Waals surface area contributed by atoms with Crippen molar-refractivity contribution in [2.24, 2.45) is 0 Å². The molecule has 130 valence electrons. The summed E-state index contributed by atoms with van der Waals surface area (Å²) in [6.07, 6.45) is 6.74. The number of fused-ring (bicyclic) bond motifs is 1. The largest absolute Gasteiger partial charge is 0.353 e. The SMILES string of the molecule is O=C(C=Cc1ccccc1)NCCCCN1CCc2ccccc2C1. The fourth-order valence-electron chi connectivity index (χ4n) is 3.21. The number of amides is 1. The molecule has 0 radical (unpaired) electrons. The number of hydrogen-bond donors (Lipinski definition) is 1. The Morgan fingerprint density at radius 3 is 2.60 bits per heavy atom. The van der Waals surface area contributed by atoms with Crippen molar-refractivity contribution in [1.82, 2.24) is 10.2 Å². The highest BCUT2D eigenvalue weighted by atomic mass is 16.1. The topological polar surface area (TPSA) is 32.3 Å². The van der Waals surface area contributed by atoms with E-state index in [0.717, 1.165) is 51.0 Å². The van der Waals surface area contributed by atoms with Crippen LogP contribution in [-0.4, -0.2) is 30.4 Å². The van der Waals surface area contributed by atoms with Gasteiger partial charge in [-0.05, 0) is 48.6 Å².